The molecule has 0 aromatic carbocycles. The molecule has 0 fully saturated rings. The molecule has 1 nitrogen and oxygen atoms in total. The highest BCUT2D eigenvalue weighted by Crippen LogP contribution is 2.11. The predicted molar refractivity (Wildman–Crippen MR) is 61.0 cm³/mol. The van der Waals surface area contributed by atoms with E-state index >= 15 is 0 Å². The molecule has 0 N–H and O–H groups in total. The zero-order valence-electron chi connectivity index (χ0n) is 9.71. The first-order valence-corrected chi connectivity index (χ1v) is 5.46. The van der Waals surface area contributed by atoms with Crippen molar-refractivity contribution in [3.8, 4) is 0 Å². The molecule has 13 heavy (non-hydrogen) atoms. The predicted octanol–water partition coefficient (Wildman–Crippen LogP) is 3.32. The molecule has 0 aliphatic rings. The molecule has 0 aliphatic carbocycles. The Balaban J connectivity index is 3.93. The van der Waals surface area contributed by atoms with Gasteiger partial charge in [-0.1, -0.05) is 26.8 Å². The van der Waals surface area contributed by atoms with Crippen molar-refractivity contribution in [2.45, 2.75) is 46.6 Å². The van der Waals surface area contributed by atoms with E-state index in [-0.39, 0.29) is 0 Å². The highest BCUT2D eigenvalue weighted by atomic mass is 15.1. The second-order valence-electron chi connectivity index (χ2n) is 4.26. The van der Waals surface area contributed by atoms with Crippen molar-refractivity contribution in [3.63, 3.8) is 0 Å². The first-order valence-electron chi connectivity index (χ1n) is 5.46. The molecule has 0 aromatic rings. The lowest BCUT2D eigenvalue weighted by atomic mass is 10.0. The van der Waals surface area contributed by atoms with E-state index in [2.05, 4.69) is 39.2 Å². The van der Waals surface area contributed by atoms with E-state index in [9.17, 15) is 0 Å². The number of nitrogens with zero attached hydrogens (tertiary/aromatic N) is 1. The molecule has 0 aromatic heterocycles. The van der Waals surface area contributed by atoms with Crippen molar-refractivity contribution in [1.82, 2.24) is 4.90 Å². The van der Waals surface area contributed by atoms with Gasteiger partial charge in [0.05, 0.1) is 0 Å². The van der Waals surface area contributed by atoms with Crippen LogP contribution in [0.3, 0.4) is 0 Å². The molecule has 1 atom stereocenters. The summed E-state index contributed by atoms with van der Waals surface area (Å²) >= 11 is 0. The van der Waals surface area contributed by atoms with Crippen molar-refractivity contribution in [1.29, 1.82) is 0 Å². The molecule has 0 rings (SSSR count). The van der Waals surface area contributed by atoms with Crippen LogP contribution in [0.2, 0.25) is 0 Å². The minimum atomic E-state index is 0.693. The second-order valence-corrected chi connectivity index (χ2v) is 4.26. The summed E-state index contributed by atoms with van der Waals surface area (Å²) < 4.78 is 0. The van der Waals surface area contributed by atoms with Crippen LogP contribution in [0.15, 0.2) is 12.7 Å². The van der Waals surface area contributed by atoms with Gasteiger partial charge in [-0.2, -0.15) is 0 Å². The summed E-state index contributed by atoms with van der Waals surface area (Å²) in [6, 6.07) is 0.693. The van der Waals surface area contributed by atoms with Gasteiger partial charge < -0.3 is 0 Å². The monoisotopic (exact) mass is 183 g/mol. The first kappa shape index (κ1) is 12.7. The smallest absolute Gasteiger partial charge is 0.0163 e. The topological polar surface area (TPSA) is 3.24 Å². The van der Waals surface area contributed by atoms with Gasteiger partial charge in [-0.05, 0) is 32.2 Å². The molecule has 0 saturated heterocycles. The van der Waals surface area contributed by atoms with Gasteiger partial charge in [0, 0.05) is 12.6 Å². The van der Waals surface area contributed by atoms with Crippen LogP contribution in [0.1, 0.15) is 40.5 Å². The van der Waals surface area contributed by atoms with Gasteiger partial charge in [0.1, 0.15) is 0 Å². The maximum Gasteiger partial charge on any atom is 0.0163 e. The summed E-state index contributed by atoms with van der Waals surface area (Å²) in [6.45, 7) is 15.2. The van der Waals surface area contributed by atoms with Gasteiger partial charge in [0.2, 0.25) is 0 Å². The quantitative estimate of drug-likeness (QED) is 0.547. The fourth-order valence-electron chi connectivity index (χ4n) is 1.78. The molecular formula is C12H25N. The highest BCUT2D eigenvalue weighted by Gasteiger charge is 2.12. The Hall–Kier alpha value is -0.300. The van der Waals surface area contributed by atoms with E-state index in [1.165, 1.54) is 19.4 Å². The molecule has 0 amide bonds. The lowest BCUT2D eigenvalue weighted by molar-refractivity contribution is 0.206. The minimum Gasteiger partial charge on any atom is -0.297 e. The fraction of sp³-hybridized carbons (Fsp3) is 0.833. The standard InChI is InChI=1S/C12H25N/c1-6-8-13(9-7-2)12(5)10-11(3)4/h6,11-12H,1,7-10H2,2-5H3/t12-/m1/s1. The summed E-state index contributed by atoms with van der Waals surface area (Å²) in [4.78, 5) is 2.51. The van der Waals surface area contributed by atoms with Gasteiger partial charge in [-0.3, -0.25) is 4.90 Å². The average Bonchev–Trinajstić information content (AvgIpc) is 2.02. The average molecular weight is 183 g/mol. The van der Waals surface area contributed by atoms with Crippen LogP contribution in [0.4, 0.5) is 0 Å². The number of hydrogen-bond acceptors (Lipinski definition) is 1. The van der Waals surface area contributed by atoms with Crippen LogP contribution in [0.5, 0.6) is 0 Å². The van der Waals surface area contributed by atoms with Crippen LogP contribution in [-0.4, -0.2) is 24.0 Å². The Morgan fingerprint density at radius 3 is 2.31 bits per heavy atom. The van der Waals surface area contributed by atoms with Crippen molar-refractivity contribution < 1.29 is 0 Å². The van der Waals surface area contributed by atoms with E-state index in [0.717, 1.165) is 12.5 Å². The molecule has 0 radical (unpaired) electrons. The Morgan fingerprint density at radius 2 is 1.92 bits per heavy atom. The molecule has 0 spiro atoms. The molecule has 78 valence electrons. The lowest BCUT2D eigenvalue weighted by Gasteiger charge is -2.28. The van der Waals surface area contributed by atoms with Crippen molar-refractivity contribution in [2.75, 3.05) is 13.1 Å². The SMILES string of the molecule is C=CCN(CCC)[C@H](C)CC(C)C. The van der Waals surface area contributed by atoms with E-state index in [0.29, 0.717) is 6.04 Å². The first-order chi connectivity index (χ1) is 6.11. The summed E-state index contributed by atoms with van der Waals surface area (Å²) in [5, 5.41) is 0. The summed E-state index contributed by atoms with van der Waals surface area (Å²) in [5.74, 6) is 0.791. The Bertz CT molecular complexity index is 129. The fourth-order valence-corrected chi connectivity index (χ4v) is 1.78. The molecule has 0 heterocycles. The van der Waals surface area contributed by atoms with Crippen LogP contribution >= 0.6 is 0 Å². The molecule has 0 saturated carbocycles. The lowest BCUT2D eigenvalue weighted by Crippen LogP contribution is -2.34. The van der Waals surface area contributed by atoms with Crippen molar-refractivity contribution in [2.24, 2.45) is 5.92 Å². The third kappa shape index (κ3) is 5.87. The van der Waals surface area contributed by atoms with E-state index < -0.39 is 0 Å². The molecule has 0 aliphatic heterocycles. The number of rotatable bonds is 7. The van der Waals surface area contributed by atoms with E-state index in [1.54, 1.807) is 0 Å². The van der Waals surface area contributed by atoms with Crippen LogP contribution in [-0.2, 0) is 0 Å². The van der Waals surface area contributed by atoms with Gasteiger partial charge in [-0.25, -0.2) is 0 Å². The minimum absolute atomic E-state index is 0.693. The normalized spacial score (nSPS) is 13.7. The highest BCUT2D eigenvalue weighted by molar-refractivity contribution is 4.77. The third-order valence-electron chi connectivity index (χ3n) is 2.31. The van der Waals surface area contributed by atoms with Gasteiger partial charge in [-0.15, -0.1) is 6.58 Å². The Kier molecular flexibility index (Phi) is 6.97. The van der Waals surface area contributed by atoms with Gasteiger partial charge in [0.25, 0.3) is 0 Å². The maximum atomic E-state index is 3.80. The molecule has 0 unspecified atom stereocenters. The van der Waals surface area contributed by atoms with Gasteiger partial charge >= 0.3 is 0 Å². The molecule has 1 heteroatoms. The van der Waals surface area contributed by atoms with Gasteiger partial charge in [0.15, 0.2) is 0 Å². The summed E-state index contributed by atoms with van der Waals surface area (Å²) in [5.41, 5.74) is 0. The molecular weight excluding hydrogens is 158 g/mol. The Labute approximate surface area is 83.8 Å². The largest absolute Gasteiger partial charge is 0.297 e. The summed E-state index contributed by atoms with van der Waals surface area (Å²) in [6.07, 6.45) is 4.52. The number of hydrogen-bond donors (Lipinski definition) is 0. The zero-order valence-corrected chi connectivity index (χ0v) is 9.71. The zero-order chi connectivity index (χ0) is 10.3. The van der Waals surface area contributed by atoms with E-state index in [1.807, 2.05) is 6.08 Å². The van der Waals surface area contributed by atoms with Crippen molar-refractivity contribution >= 4 is 0 Å². The maximum absolute atomic E-state index is 3.80. The summed E-state index contributed by atoms with van der Waals surface area (Å²) in [7, 11) is 0. The molecule has 0 bridgehead atoms. The van der Waals surface area contributed by atoms with Crippen molar-refractivity contribution in [3.05, 3.63) is 12.7 Å². The Morgan fingerprint density at radius 1 is 1.31 bits per heavy atom. The third-order valence-corrected chi connectivity index (χ3v) is 2.31. The van der Waals surface area contributed by atoms with Crippen LogP contribution in [0, 0.1) is 5.92 Å². The van der Waals surface area contributed by atoms with Crippen LogP contribution < -0.4 is 0 Å². The van der Waals surface area contributed by atoms with E-state index in [4.69, 9.17) is 0 Å². The van der Waals surface area contributed by atoms with Crippen LogP contribution in [0.25, 0.3) is 0 Å². The second kappa shape index (κ2) is 7.14.